The average molecular weight is 1600 g/mol. The Morgan fingerprint density at radius 2 is 0.509 bits per heavy atom. The lowest BCUT2D eigenvalue weighted by Gasteiger charge is -2.22. The SMILES string of the molecule is C=C(C(=O)OC(C)(C)C)C(=O)OC(C)(C)C.C=C(C(=O)OC(C)C)C(=O)OC(C)C.C=C(C(=O)OC)C(=O)C1CC1.C=C(C(=O)OC)C(=O)OC.C=C(C(=O)OCC)C(=O)OCC.C=C(C(=O)OCCC)C(=O)OCCC.C=C(C(=O)OCCCC)C(=O)OCCCC.C=C(C(C)=O)C(=O)OC.C=C(C(C)=O)C(=O)OCC. The Bertz CT molecular complexity index is 3120. The van der Waals surface area contributed by atoms with Gasteiger partial charge >= 0.3 is 89.5 Å². The highest BCUT2D eigenvalue weighted by molar-refractivity contribution is 6.19. The highest BCUT2D eigenvalue weighted by atomic mass is 16.6. The molecule has 0 aromatic carbocycles. The molecule has 0 radical (unpaired) electrons. The van der Waals surface area contributed by atoms with Gasteiger partial charge < -0.3 is 71.1 Å². The second-order valence-corrected chi connectivity index (χ2v) is 24.3. The molecular formula is C79H120O33. The Balaban J connectivity index is -0.000000182. The van der Waals surface area contributed by atoms with Crippen LogP contribution < -0.4 is 0 Å². The monoisotopic (exact) mass is 1600 g/mol. The summed E-state index contributed by atoms with van der Waals surface area (Å²) < 4.78 is 69.2. The van der Waals surface area contributed by atoms with E-state index in [0.29, 0.717) is 39.3 Å². The fraction of sp³-hybridized carbons (Fsp3) is 0.544. The maximum Gasteiger partial charge on any atom is 0.345 e. The summed E-state index contributed by atoms with van der Waals surface area (Å²) in [7, 11) is 4.77. The molecule has 0 aliphatic heterocycles. The number of hydrogen-bond acceptors (Lipinski definition) is 33. The molecule has 0 spiro atoms. The van der Waals surface area contributed by atoms with Crippen molar-refractivity contribution >= 4 is 107 Å². The van der Waals surface area contributed by atoms with Crippen molar-refractivity contribution in [2.75, 3.05) is 74.7 Å². The van der Waals surface area contributed by atoms with Gasteiger partial charge in [-0.25, -0.2) is 71.9 Å². The molecule has 0 atom stereocenters. The van der Waals surface area contributed by atoms with E-state index in [2.05, 4.69) is 92.4 Å². The first-order valence-corrected chi connectivity index (χ1v) is 34.8. The molecule has 0 N–H and O–H groups in total. The Morgan fingerprint density at radius 3 is 0.723 bits per heavy atom. The number of carbonyl (C=O) groups excluding carboxylic acids is 18. The lowest BCUT2D eigenvalue weighted by atomic mass is 10.1. The smallest absolute Gasteiger partial charge is 0.345 e. The molecule has 1 rings (SSSR count). The van der Waals surface area contributed by atoms with Crippen LogP contribution in [0.5, 0.6) is 0 Å². The third kappa shape index (κ3) is 64.7. The zero-order valence-corrected chi connectivity index (χ0v) is 69.7. The summed E-state index contributed by atoms with van der Waals surface area (Å²) in [6.45, 7) is 63.8. The molecule has 0 heterocycles. The molecule has 634 valence electrons. The van der Waals surface area contributed by atoms with Gasteiger partial charge in [-0.1, -0.05) is 99.7 Å². The molecule has 0 aromatic rings. The fourth-order valence-corrected chi connectivity index (χ4v) is 5.23. The van der Waals surface area contributed by atoms with Crippen LogP contribution in [0, 0.1) is 5.92 Å². The van der Waals surface area contributed by atoms with Crippen molar-refractivity contribution in [2.24, 2.45) is 5.92 Å². The maximum atomic E-state index is 11.5. The topological polar surface area (TPSA) is 446 Å². The summed E-state index contributed by atoms with van der Waals surface area (Å²) in [5.41, 5.74) is -3.13. The second-order valence-electron chi connectivity index (χ2n) is 24.3. The molecule has 33 nitrogen and oxygen atoms in total. The number of esters is 15. The first-order valence-electron chi connectivity index (χ1n) is 34.8. The van der Waals surface area contributed by atoms with Crippen LogP contribution in [-0.4, -0.2) is 205 Å². The summed E-state index contributed by atoms with van der Waals surface area (Å²) in [6, 6.07) is 0. The highest BCUT2D eigenvalue weighted by Gasteiger charge is 2.34. The number of ether oxygens (including phenoxy) is 15. The third-order valence-corrected chi connectivity index (χ3v) is 11.2. The molecule has 0 amide bonds. The van der Waals surface area contributed by atoms with Crippen LogP contribution in [0.15, 0.2) is 109 Å². The predicted octanol–water partition coefficient (Wildman–Crippen LogP) is 9.60. The summed E-state index contributed by atoms with van der Waals surface area (Å²) in [5, 5.41) is 0. The minimum Gasteiger partial charge on any atom is -0.465 e. The number of rotatable bonds is 34. The summed E-state index contributed by atoms with van der Waals surface area (Å²) in [5.74, 6) is -11.4. The van der Waals surface area contributed by atoms with Gasteiger partial charge in [0.1, 0.15) is 44.6 Å². The minimum atomic E-state index is -0.771. The van der Waals surface area contributed by atoms with Gasteiger partial charge in [0.15, 0.2) is 17.3 Å². The number of Topliss-reactive ketones (excluding diaryl/α,β-unsaturated/α-hetero) is 3. The quantitative estimate of drug-likeness (QED) is 0.0144. The summed E-state index contributed by atoms with van der Waals surface area (Å²) in [4.78, 5) is 196. The second kappa shape index (κ2) is 66.7. The van der Waals surface area contributed by atoms with E-state index in [9.17, 15) is 86.3 Å². The lowest BCUT2D eigenvalue weighted by Crippen LogP contribution is -2.30. The molecular weight excluding hydrogens is 1480 g/mol. The molecule has 0 saturated heterocycles. The largest absolute Gasteiger partial charge is 0.465 e. The Morgan fingerprint density at radius 1 is 0.295 bits per heavy atom. The number of ketones is 3. The predicted molar refractivity (Wildman–Crippen MR) is 408 cm³/mol. The van der Waals surface area contributed by atoms with Gasteiger partial charge in [-0.15, -0.1) is 0 Å². The molecule has 1 aliphatic carbocycles. The van der Waals surface area contributed by atoms with E-state index in [4.69, 9.17) is 37.9 Å². The van der Waals surface area contributed by atoms with Crippen LogP contribution in [0.1, 0.15) is 183 Å². The van der Waals surface area contributed by atoms with Gasteiger partial charge in [0, 0.05) is 5.92 Å². The van der Waals surface area contributed by atoms with E-state index >= 15 is 0 Å². The maximum absolute atomic E-state index is 11.5. The number of hydrogen-bond donors (Lipinski definition) is 0. The number of carbonyl (C=O) groups is 18. The molecule has 0 bridgehead atoms. The lowest BCUT2D eigenvalue weighted by molar-refractivity contribution is -0.159. The van der Waals surface area contributed by atoms with E-state index in [-0.39, 0.29) is 105 Å². The van der Waals surface area contributed by atoms with Crippen molar-refractivity contribution in [2.45, 2.75) is 206 Å². The van der Waals surface area contributed by atoms with Crippen LogP contribution >= 0.6 is 0 Å². The molecule has 1 saturated carbocycles. The van der Waals surface area contributed by atoms with Crippen LogP contribution in [0.3, 0.4) is 0 Å². The van der Waals surface area contributed by atoms with Gasteiger partial charge in [0.25, 0.3) is 0 Å². The van der Waals surface area contributed by atoms with Crippen LogP contribution in [0.25, 0.3) is 0 Å². The normalized spacial score (nSPS) is 10.2. The molecule has 1 fully saturated rings. The molecule has 0 aromatic heterocycles. The zero-order chi connectivity index (χ0) is 89.5. The first kappa shape index (κ1) is 117. The van der Waals surface area contributed by atoms with E-state index in [1.165, 1.54) is 28.1 Å². The average Bonchev–Trinajstić information content (AvgIpc) is 1.73. The molecule has 112 heavy (non-hydrogen) atoms. The Kier molecular flexibility index (Phi) is 69.4. The van der Waals surface area contributed by atoms with Crippen molar-refractivity contribution in [3.8, 4) is 0 Å². The van der Waals surface area contributed by atoms with Crippen molar-refractivity contribution < 1.29 is 157 Å². The fourth-order valence-electron chi connectivity index (χ4n) is 5.23. The highest BCUT2D eigenvalue weighted by Crippen LogP contribution is 2.32. The summed E-state index contributed by atoms with van der Waals surface area (Å²) >= 11 is 0. The van der Waals surface area contributed by atoms with Crippen molar-refractivity contribution in [3.05, 3.63) is 109 Å². The number of unbranched alkanes of at least 4 members (excludes halogenated alkanes) is 2. The van der Waals surface area contributed by atoms with Crippen LogP contribution in [0.2, 0.25) is 0 Å². The van der Waals surface area contributed by atoms with Crippen LogP contribution in [0.4, 0.5) is 0 Å². The van der Waals surface area contributed by atoms with E-state index in [1.807, 2.05) is 27.7 Å². The zero-order valence-electron chi connectivity index (χ0n) is 69.7. The van der Waals surface area contributed by atoms with E-state index in [1.54, 1.807) is 90.0 Å². The van der Waals surface area contributed by atoms with Gasteiger partial charge in [-0.2, -0.15) is 0 Å². The van der Waals surface area contributed by atoms with Crippen molar-refractivity contribution in [1.29, 1.82) is 0 Å². The molecule has 33 heteroatoms. The van der Waals surface area contributed by atoms with Crippen LogP contribution in [-0.2, 0) is 157 Å². The van der Waals surface area contributed by atoms with E-state index in [0.717, 1.165) is 52.7 Å². The standard InChI is InChI=1S/2C12H20O4.2C10H16O4.C8H12O4.C8H10O3.C7H10O3.C6H8O4.C6H8O3/c1-8(9(13)15-11(2,3)4)10(14)16-12(5,6)7;1-4-6-8-15-11(13)10(3)12(14)16-9-7-5-2;1-6(2)13-9(11)8(5)10(12)14-7(3)4;1-4-6-13-9(11)8(3)10(12)14-7-5-2;1-4-11-7(9)6(3)8(10)12-5-2;1-5(8(10)11-2)7(9)6-3-4-6;1-4-10-7(9)5(2)6(3)8;1-4(5(7)9-2)6(8)10-3;1-4(5(2)7)6(8)9-3/h1H2,2-7H3;3-9H2,1-2H3;6-7H,5H2,1-4H3;3-7H2,1-2H3;3-5H2,1-2H3;6H,1,3-4H2,2H3;2,4H2,1,3H3;1H2,2-3H3;1H2,2-3H3. The van der Waals surface area contributed by atoms with Gasteiger partial charge in [0.2, 0.25) is 0 Å². The third-order valence-electron chi connectivity index (χ3n) is 11.2. The van der Waals surface area contributed by atoms with E-state index < -0.39 is 101 Å². The number of methoxy groups -OCH3 is 4. The van der Waals surface area contributed by atoms with Crippen molar-refractivity contribution in [1.82, 2.24) is 0 Å². The Hall–Kier alpha value is -11.3. The minimum absolute atomic E-state index is 0.0185. The van der Waals surface area contributed by atoms with Gasteiger partial charge in [-0.3, -0.25) is 14.4 Å². The summed E-state index contributed by atoms with van der Waals surface area (Å²) in [6.07, 6.45) is 6.07. The molecule has 0 unspecified atom stereocenters. The van der Waals surface area contributed by atoms with Gasteiger partial charge in [-0.05, 0) is 142 Å². The van der Waals surface area contributed by atoms with Crippen molar-refractivity contribution in [3.63, 3.8) is 0 Å². The van der Waals surface area contributed by atoms with Gasteiger partial charge in [0.05, 0.1) is 104 Å². The molecule has 1 aliphatic rings. The first-order chi connectivity index (χ1) is 51.6. The Labute approximate surface area is 658 Å².